The molecule has 0 aliphatic carbocycles. The van der Waals surface area contributed by atoms with Crippen molar-refractivity contribution in [3.63, 3.8) is 0 Å². The number of hydrogen-bond donors (Lipinski definition) is 1. The predicted molar refractivity (Wildman–Crippen MR) is 71.5 cm³/mol. The largest absolute Gasteiger partial charge is 0.375 e. The number of likely N-dealkylation sites (N-methyl/N-ethyl adjacent to an activating group) is 1. The second-order valence-corrected chi connectivity index (χ2v) is 5.55. The van der Waals surface area contributed by atoms with E-state index in [2.05, 4.69) is 11.1 Å². The van der Waals surface area contributed by atoms with E-state index >= 15 is 0 Å². The normalized spacial score (nSPS) is 10.4. The molecule has 0 spiro atoms. The van der Waals surface area contributed by atoms with Gasteiger partial charge in [0.05, 0.1) is 0 Å². The van der Waals surface area contributed by atoms with Crippen molar-refractivity contribution in [1.29, 1.82) is 0 Å². The summed E-state index contributed by atoms with van der Waals surface area (Å²) in [6, 6.07) is 4.09. The summed E-state index contributed by atoms with van der Waals surface area (Å²) in [5.74, 6) is -0.0745. The quantitative estimate of drug-likeness (QED) is 0.923. The number of nitrogens with zero attached hydrogens (tertiary/aromatic N) is 2. The molecule has 1 amide bonds. The molecule has 0 aliphatic rings. The standard InChI is InChI=1S/C11H13N3OS2/c1-14(5-4-8-3-2-6-16-8)10(15)9-7-17-11(12)13-9/h2-3,6-7H,4-5H2,1H3,(H2,12,13). The Morgan fingerprint density at radius 2 is 2.35 bits per heavy atom. The van der Waals surface area contributed by atoms with Gasteiger partial charge in [-0.25, -0.2) is 4.98 Å². The van der Waals surface area contributed by atoms with E-state index in [1.807, 2.05) is 11.4 Å². The van der Waals surface area contributed by atoms with Gasteiger partial charge in [0.15, 0.2) is 5.13 Å². The smallest absolute Gasteiger partial charge is 0.273 e. The number of aromatic nitrogens is 1. The fraction of sp³-hybridized carbons (Fsp3) is 0.273. The molecule has 2 heterocycles. The fourth-order valence-electron chi connectivity index (χ4n) is 1.42. The van der Waals surface area contributed by atoms with Crippen LogP contribution in [0, 0.1) is 0 Å². The summed E-state index contributed by atoms with van der Waals surface area (Å²) >= 11 is 2.99. The third kappa shape index (κ3) is 3.04. The molecular formula is C11H13N3OS2. The van der Waals surface area contributed by atoms with Crippen molar-refractivity contribution >= 4 is 33.7 Å². The molecule has 17 heavy (non-hydrogen) atoms. The molecule has 0 bridgehead atoms. The van der Waals surface area contributed by atoms with Crippen LogP contribution in [0.5, 0.6) is 0 Å². The van der Waals surface area contributed by atoms with Crippen molar-refractivity contribution in [2.75, 3.05) is 19.3 Å². The lowest BCUT2D eigenvalue weighted by Crippen LogP contribution is -2.28. The Morgan fingerprint density at radius 1 is 1.53 bits per heavy atom. The van der Waals surface area contributed by atoms with Crippen LogP contribution < -0.4 is 5.73 Å². The lowest BCUT2D eigenvalue weighted by atomic mass is 10.3. The van der Waals surface area contributed by atoms with Crippen LogP contribution in [0.25, 0.3) is 0 Å². The molecule has 4 nitrogen and oxygen atoms in total. The lowest BCUT2D eigenvalue weighted by molar-refractivity contribution is 0.0792. The molecule has 6 heteroatoms. The van der Waals surface area contributed by atoms with Crippen molar-refractivity contribution in [3.05, 3.63) is 33.5 Å². The topological polar surface area (TPSA) is 59.2 Å². The maximum atomic E-state index is 11.9. The molecule has 0 radical (unpaired) electrons. The maximum absolute atomic E-state index is 11.9. The van der Waals surface area contributed by atoms with Crippen LogP contribution in [0.3, 0.4) is 0 Å². The van der Waals surface area contributed by atoms with Gasteiger partial charge in [-0.05, 0) is 17.9 Å². The third-order valence-corrected chi connectivity index (χ3v) is 3.97. The zero-order valence-electron chi connectivity index (χ0n) is 9.42. The van der Waals surface area contributed by atoms with E-state index in [0.717, 1.165) is 6.42 Å². The van der Waals surface area contributed by atoms with Crippen LogP contribution in [-0.2, 0) is 6.42 Å². The first-order valence-electron chi connectivity index (χ1n) is 5.15. The monoisotopic (exact) mass is 267 g/mol. The number of thiazole rings is 1. The van der Waals surface area contributed by atoms with Crippen molar-refractivity contribution in [2.24, 2.45) is 0 Å². The summed E-state index contributed by atoms with van der Waals surface area (Å²) in [5.41, 5.74) is 5.94. The first-order chi connectivity index (χ1) is 8.16. The van der Waals surface area contributed by atoms with Crippen LogP contribution in [0.15, 0.2) is 22.9 Å². The Morgan fingerprint density at radius 3 is 2.94 bits per heavy atom. The summed E-state index contributed by atoms with van der Waals surface area (Å²) in [6.07, 6.45) is 0.875. The Labute approximate surface area is 108 Å². The predicted octanol–water partition coefficient (Wildman–Crippen LogP) is 2.10. The second kappa shape index (κ2) is 5.29. The molecule has 2 aromatic heterocycles. The highest BCUT2D eigenvalue weighted by Crippen LogP contribution is 2.14. The minimum absolute atomic E-state index is 0.0745. The van der Waals surface area contributed by atoms with Crippen LogP contribution in [0.4, 0.5) is 5.13 Å². The molecule has 0 fully saturated rings. The van der Waals surface area contributed by atoms with E-state index in [-0.39, 0.29) is 5.91 Å². The number of thiophene rings is 1. The van der Waals surface area contributed by atoms with E-state index in [4.69, 9.17) is 5.73 Å². The number of carbonyl (C=O) groups excluding carboxylic acids is 1. The Balaban J connectivity index is 1.91. The Bertz CT molecular complexity index is 493. The number of amides is 1. The molecule has 0 atom stereocenters. The Kier molecular flexibility index (Phi) is 3.75. The highest BCUT2D eigenvalue weighted by atomic mass is 32.1. The van der Waals surface area contributed by atoms with Gasteiger partial charge in [0.2, 0.25) is 0 Å². The molecule has 0 saturated heterocycles. The fourth-order valence-corrected chi connectivity index (χ4v) is 2.65. The zero-order valence-corrected chi connectivity index (χ0v) is 11.1. The summed E-state index contributed by atoms with van der Waals surface area (Å²) in [4.78, 5) is 18.9. The van der Waals surface area contributed by atoms with Gasteiger partial charge in [-0.3, -0.25) is 4.79 Å². The van der Waals surface area contributed by atoms with Gasteiger partial charge in [0.25, 0.3) is 5.91 Å². The van der Waals surface area contributed by atoms with Gasteiger partial charge in [-0.2, -0.15) is 0 Å². The van der Waals surface area contributed by atoms with Crippen molar-refractivity contribution in [3.8, 4) is 0 Å². The molecule has 0 unspecified atom stereocenters. The molecule has 0 aromatic carbocycles. The third-order valence-electron chi connectivity index (χ3n) is 2.36. The lowest BCUT2D eigenvalue weighted by Gasteiger charge is -2.14. The number of hydrogen-bond acceptors (Lipinski definition) is 5. The van der Waals surface area contributed by atoms with E-state index in [1.165, 1.54) is 16.2 Å². The van der Waals surface area contributed by atoms with Crippen LogP contribution in [-0.4, -0.2) is 29.4 Å². The second-order valence-electron chi connectivity index (χ2n) is 3.63. The summed E-state index contributed by atoms with van der Waals surface area (Å²) in [6.45, 7) is 0.691. The highest BCUT2D eigenvalue weighted by Gasteiger charge is 2.14. The van der Waals surface area contributed by atoms with Gasteiger partial charge < -0.3 is 10.6 Å². The van der Waals surface area contributed by atoms with E-state index in [9.17, 15) is 4.79 Å². The minimum Gasteiger partial charge on any atom is -0.375 e. The molecule has 2 aromatic rings. The first kappa shape index (κ1) is 12.1. The van der Waals surface area contributed by atoms with E-state index in [1.54, 1.807) is 28.7 Å². The van der Waals surface area contributed by atoms with Crippen LogP contribution in [0.2, 0.25) is 0 Å². The zero-order chi connectivity index (χ0) is 12.3. The molecule has 2 N–H and O–H groups in total. The summed E-state index contributed by atoms with van der Waals surface area (Å²) in [7, 11) is 1.78. The number of nitrogens with two attached hydrogens (primary N) is 1. The summed E-state index contributed by atoms with van der Waals surface area (Å²) in [5, 5.41) is 4.16. The maximum Gasteiger partial charge on any atom is 0.273 e. The molecule has 0 aliphatic heterocycles. The van der Waals surface area contributed by atoms with Gasteiger partial charge in [-0.1, -0.05) is 6.07 Å². The van der Waals surface area contributed by atoms with Crippen LogP contribution in [0.1, 0.15) is 15.4 Å². The van der Waals surface area contributed by atoms with Gasteiger partial charge >= 0.3 is 0 Å². The summed E-state index contributed by atoms with van der Waals surface area (Å²) < 4.78 is 0. The van der Waals surface area contributed by atoms with Crippen LogP contribution >= 0.6 is 22.7 Å². The minimum atomic E-state index is -0.0745. The molecular weight excluding hydrogens is 254 g/mol. The number of rotatable bonds is 4. The molecule has 0 saturated carbocycles. The van der Waals surface area contributed by atoms with Gasteiger partial charge in [0, 0.05) is 23.8 Å². The van der Waals surface area contributed by atoms with Crippen molar-refractivity contribution in [2.45, 2.75) is 6.42 Å². The number of carbonyl (C=O) groups is 1. The molecule has 2 rings (SSSR count). The number of anilines is 1. The average Bonchev–Trinajstić information content (AvgIpc) is 2.95. The van der Waals surface area contributed by atoms with Crippen molar-refractivity contribution < 1.29 is 4.79 Å². The van der Waals surface area contributed by atoms with Gasteiger partial charge in [0.1, 0.15) is 5.69 Å². The Hall–Kier alpha value is -1.40. The SMILES string of the molecule is CN(CCc1cccs1)C(=O)c1csc(N)n1. The average molecular weight is 267 g/mol. The highest BCUT2D eigenvalue weighted by molar-refractivity contribution is 7.13. The first-order valence-corrected chi connectivity index (χ1v) is 6.91. The molecule has 90 valence electrons. The van der Waals surface area contributed by atoms with E-state index < -0.39 is 0 Å². The number of nitrogen functional groups attached to an aromatic ring is 1. The van der Waals surface area contributed by atoms with E-state index in [0.29, 0.717) is 17.4 Å². The van der Waals surface area contributed by atoms with Crippen molar-refractivity contribution in [1.82, 2.24) is 9.88 Å². The van der Waals surface area contributed by atoms with Gasteiger partial charge in [-0.15, -0.1) is 22.7 Å².